The summed E-state index contributed by atoms with van der Waals surface area (Å²) in [5, 5.41) is 0.882. The fraction of sp³-hybridized carbons (Fsp3) is 0.643. The molecule has 0 spiro atoms. The monoisotopic (exact) mass is 296 g/mol. The van der Waals surface area contributed by atoms with Gasteiger partial charge < -0.3 is 4.90 Å². The number of alkyl halides is 1. The molecule has 0 atom stereocenters. The van der Waals surface area contributed by atoms with Crippen molar-refractivity contribution >= 4 is 21.7 Å². The van der Waals surface area contributed by atoms with E-state index in [1.165, 1.54) is 37.7 Å². The van der Waals surface area contributed by atoms with Crippen LogP contribution in [0.5, 0.6) is 0 Å². The summed E-state index contributed by atoms with van der Waals surface area (Å²) in [6, 6.07) is 4.27. The number of halogens is 1. The van der Waals surface area contributed by atoms with Gasteiger partial charge in [-0.25, -0.2) is 4.98 Å². The normalized spacial score (nSPS) is 17.1. The molecule has 1 aromatic heterocycles. The van der Waals surface area contributed by atoms with Crippen LogP contribution >= 0.6 is 15.9 Å². The molecule has 2 rings (SSSR count). The number of rotatable bonds is 4. The van der Waals surface area contributed by atoms with Crippen LogP contribution in [-0.4, -0.2) is 18.6 Å². The number of anilines is 1. The summed E-state index contributed by atoms with van der Waals surface area (Å²) in [7, 11) is 2.16. The predicted octanol–water partition coefficient (Wildman–Crippen LogP) is 3.99. The fourth-order valence-electron chi connectivity index (χ4n) is 2.57. The highest BCUT2D eigenvalue weighted by atomic mass is 79.9. The van der Waals surface area contributed by atoms with E-state index in [2.05, 4.69) is 45.0 Å². The first-order chi connectivity index (χ1) is 8.29. The molecule has 0 saturated heterocycles. The van der Waals surface area contributed by atoms with Crippen LogP contribution in [-0.2, 0) is 5.33 Å². The SMILES string of the molecule is CN(CC1CCCCC1)c1ccc(CBr)cn1. The molecule has 2 nitrogen and oxygen atoms in total. The lowest BCUT2D eigenvalue weighted by molar-refractivity contribution is 0.361. The summed E-state index contributed by atoms with van der Waals surface area (Å²) in [6.45, 7) is 1.15. The molecule has 0 N–H and O–H groups in total. The third-order valence-electron chi connectivity index (χ3n) is 3.61. The summed E-state index contributed by atoms with van der Waals surface area (Å²) in [5.41, 5.74) is 1.24. The smallest absolute Gasteiger partial charge is 0.128 e. The highest BCUT2D eigenvalue weighted by molar-refractivity contribution is 9.08. The molecule has 0 unspecified atom stereocenters. The zero-order chi connectivity index (χ0) is 12.1. The maximum Gasteiger partial charge on any atom is 0.128 e. The average Bonchev–Trinajstić information content (AvgIpc) is 2.40. The molecular formula is C14H21BrN2. The first kappa shape index (κ1) is 12.9. The molecule has 0 aliphatic heterocycles. The van der Waals surface area contributed by atoms with E-state index in [4.69, 9.17) is 0 Å². The van der Waals surface area contributed by atoms with Crippen LogP contribution in [0, 0.1) is 5.92 Å². The minimum Gasteiger partial charge on any atom is -0.359 e. The van der Waals surface area contributed by atoms with Gasteiger partial charge in [0, 0.05) is 25.1 Å². The van der Waals surface area contributed by atoms with Gasteiger partial charge in [-0.15, -0.1) is 0 Å². The Morgan fingerprint density at radius 2 is 2.06 bits per heavy atom. The van der Waals surface area contributed by atoms with E-state index in [1.807, 2.05) is 6.20 Å². The van der Waals surface area contributed by atoms with E-state index in [0.717, 1.165) is 23.6 Å². The van der Waals surface area contributed by atoms with Gasteiger partial charge in [-0.1, -0.05) is 41.3 Å². The average molecular weight is 297 g/mol. The molecular weight excluding hydrogens is 276 g/mol. The predicted molar refractivity (Wildman–Crippen MR) is 76.7 cm³/mol. The lowest BCUT2D eigenvalue weighted by Crippen LogP contribution is -2.27. The minimum atomic E-state index is 0.867. The van der Waals surface area contributed by atoms with Crippen molar-refractivity contribution in [2.24, 2.45) is 5.92 Å². The van der Waals surface area contributed by atoms with Crippen molar-refractivity contribution in [3.8, 4) is 0 Å². The van der Waals surface area contributed by atoms with Gasteiger partial charge in [-0.05, 0) is 30.4 Å². The van der Waals surface area contributed by atoms with Crippen LogP contribution in [0.25, 0.3) is 0 Å². The quantitative estimate of drug-likeness (QED) is 0.781. The summed E-state index contributed by atoms with van der Waals surface area (Å²) < 4.78 is 0. The summed E-state index contributed by atoms with van der Waals surface area (Å²) in [4.78, 5) is 6.81. The summed E-state index contributed by atoms with van der Waals surface area (Å²) >= 11 is 3.45. The van der Waals surface area contributed by atoms with E-state index in [9.17, 15) is 0 Å². The molecule has 0 radical (unpaired) electrons. The Balaban J connectivity index is 1.91. The molecule has 1 heterocycles. The Labute approximate surface area is 113 Å². The van der Waals surface area contributed by atoms with Crippen molar-refractivity contribution in [3.63, 3.8) is 0 Å². The Hall–Kier alpha value is -0.570. The molecule has 0 aromatic carbocycles. The van der Waals surface area contributed by atoms with E-state index in [0.29, 0.717) is 0 Å². The second-order valence-electron chi connectivity index (χ2n) is 5.04. The lowest BCUT2D eigenvalue weighted by atomic mass is 9.89. The Bertz CT molecular complexity index is 331. The second-order valence-corrected chi connectivity index (χ2v) is 5.60. The van der Waals surface area contributed by atoms with Crippen molar-refractivity contribution < 1.29 is 0 Å². The third-order valence-corrected chi connectivity index (χ3v) is 4.26. The van der Waals surface area contributed by atoms with Crippen LogP contribution in [0.15, 0.2) is 18.3 Å². The van der Waals surface area contributed by atoms with Crippen molar-refractivity contribution in [1.29, 1.82) is 0 Å². The maximum absolute atomic E-state index is 4.51. The minimum absolute atomic E-state index is 0.867. The first-order valence-electron chi connectivity index (χ1n) is 6.51. The summed E-state index contributed by atoms with van der Waals surface area (Å²) in [5.74, 6) is 1.96. The van der Waals surface area contributed by atoms with Gasteiger partial charge >= 0.3 is 0 Å². The van der Waals surface area contributed by atoms with Gasteiger partial charge in [0.05, 0.1) is 0 Å². The van der Waals surface area contributed by atoms with Crippen LogP contribution in [0.1, 0.15) is 37.7 Å². The van der Waals surface area contributed by atoms with Crippen LogP contribution in [0.2, 0.25) is 0 Å². The molecule has 17 heavy (non-hydrogen) atoms. The zero-order valence-electron chi connectivity index (χ0n) is 10.5. The Kier molecular flexibility index (Phi) is 4.84. The largest absolute Gasteiger partial charge is 0.359 e. The first-order valence-corrected chi connectivity index (χ1v) is 7.64. The fourth-order valence-corrected chi connectivity index (χ4v) is 2.90. The van der Waals surface area contributed by atoms with Crippen molar-refractivity contribution in [2.75, 3.05) is 18.5 Å². The van der Waals surface area contributed by atoms with E-state index < -0.39 is 0 Å². The number of nitrogens with zero attached hydrogens (tertiary/aromatic N) is 2. The molecule has 94 valence electrons. The highest BCUT2D eigenvalue weighted by Crippen LogP contribution is 2.25. The highest BCUT2D eigenvalue weighted by Gasteiger charge is 2.15. The van der Waals surface area contributed by atoms with Gasteiger partial charge in [-0.3, -0.25) is 0 Å². The van der Waals surface area contributed by atoms with Crippen molar-refractivity contribution in [1.82, 2.24) is 4.98 Å². The molecule has 1 aliphatic rings. The topological polar surface area (TPSA) is 16.1 Å². The number of hydrogen-bond acceptors (Lipinski definition) is 2. The van der Waals surface area contributed by atoms with E-state index in [-0.39, 0.29) is 0 Å². The molecule has 0 bridgehead atoms. The van der Waals surface area contributed by atoms with Gasteiger partial charge in [-0.2, -0.15) is 0 Å². The van der Waals surface area contributed by atoms with Crippen LogP contribution < -0.4 is 4.90 Å². The zero-order valence-corrected chi connectivity index (χ0v) is 12.1. The lowest BCUT2D eigenvalue weighted by Gasteiger charge is -2.27. The van der Waals surface area contributed by atoms with Gasteiger partial charge in [0.15, 0.2) is 0 Å². The summed E-state index contributed by atoms with van der Waals surface area (Å²) in [6.07, 6.45) is 9.00. The second kappa shape index (κ2) is 6.39. The molecule has 0 amide bonds. The molecule has 1 aliphatic carbocycles. The van der Waals surface area contributed by atoms with Crippen molar-refractivity contribution in [2.45, 2.75) is 37.4 Å². The van der Waals surface area contributed by atoms with Crippen molar-refractivity contribution in [3.05, 3.63) is 23.9 Å². The standard InChI is InChI=1S/C14H21BrN2/c1-17(11-12-5-3-2-4-6-12)14-8-7-13(9-15)10-16-14/h7-8,10,12H,2-6,9,11H2,1H3. The maximum atomic E-state index is 4.51. The third kappa shape index (κ3) is 3.70. The van der Waals surface area contributed by atoms with Gasteiger partial charge in [0.2, 0.25) is 0 Å². The van der Waals surface area contributed by atoms with E-state index in [1.54, 1.807) is 0 Å². The molecule has 3 heteroatoms. The van der Waals surface area contributed by atoms with Crippen LogP contribution in [0.3, 0.4) is 0 Å². The molecule has 1 fully saturated rings. The Morgan fingerprint density at radius 1 is 1.29 bits per heavy atom. The number of pyridine rings is 1. The van der Waals surface area contributed by atoms with Gasteiger partial charge in [0.1, 0.15) is 5.82 Å². The van der Waals surface area contributed by atoms with Crippen LogP contribution in [0.4, 0.5) is 5.82 Å². The number of aromatic nitrogens is 1. The molecule has 1 saturated carbocycles. The number of hydrogen-bond donors (Lipinski definition) is 0. The Morgan fingerprint density at radius 3 is 2.65 bits per heavy atom. The molecule has 1 aromatic rings. The van der Waals surface area contributed by atoms with Gasteiger partial charge in [0.25, 0.3) is 0 Å². The van der Waals surface area contributed by atoms with E-state index >= 15 is 0 Å².